The van der Waals surface area contributed by atoms with E-state index in [9.17, 15) is 9.59 Å². The Bertz CT molecular complexity index is 1050. The molecule has 0 saturated carbocycles. The van der Waals surface area contributed by atoms with Gasteiger partial charge in [0.25, 0.3) is 11.5 Å². The van der Waals surface area contributed by atoms with Crippen molar-refractivity contribution < 1.29 is 4.79 Å². The van der Waals surface area contributed by atoms with Gasteiger partial charge in [-0.25, -0.2) is 4.98 Å². The van der Waals surface area contributed by atoms with Crippen LogP contribution in [-0.4, -0.2) is 27.8 Å². The summed E-state index contributed by atoms with van der Waals surface area (Å²) in [5.41, 5.74) is 1.81. The van der Waals surface area contributed by atoms with E-state index in [1.54, 1.807) is 29.4 Å². The molecule has 0 bridgehead atoms. The van der Waals surface area contributed by atoms with E-state index < -0.39 is 0 Å². The van der Waals surface area contributed by atoms with E-state index in [4.69, 9.17) is 0 Å². The molecule has 0 unspecified atom stereocenters. The number of benzene rings is 1. The molecule has 0 fully saturated rings. The highest BCUT2D eigenvalue weighted by atomic mass is 32.1. The summed E-state index contributed by atoms with van der Waals surface area (Å²) in [7, 11) is 1.76. The number of carbonyl (C=O) groups excluding carboxylic acids is 1. The predicted molar refractivity (Wildman–Crippen MR) is 108 cm³/mol. The summed E-state index contributed by atoms with van der Waals surface area (Å²) in [4.78, 5) is 36.1. The zero-order valence-corrected chi connectivity index (χ0v) is 16.4. The van der Waals surface area contributed by atoms with Crippen molar-refractivity contribution in [1.82, 2.24) is 14.9 Å². The molecular weight excluding hydrogens is 358 g/mol. The topological polar surface area (TPSA) is 66.1 Å². The van der Waals surface area contributed by atoms with Crippen LogP contribution in [0.5, 0.6) is 0 Å². The first-order valence-electron chi connectivity index (χ1n) is 9.40. The molecule has 0 spiro atoms. The zero-order chi connectivity index (χ0) is 19.0. The maximum absolute atomic E-state index is 12.9. The summed E-state index contributed by atoms with van der Waals surface area (Å²) in [5, 5.41) is 0.562. The summed E-state index contributed by atoms with van der Waals surface area (Å²) >= 11 is 1.62. The molecule has 4 rings (SSSR count). The first-order valence-corrected chi connectivity index (χ1v) is 10.2. The van der Waals surface area contributed by atoms with E-state index in [1.165, 1.54) is 23.3 Å². The second kappa shape index (κ2) is 7.27. The van der Waals surface area contributed by atoms with Crippen LogP contribution in [0.3, 0.4) is 0 Å². The van der Waals surface area contributed by atoms with Gasteiger partial charge in [0, 0.05) is 11.9 Å². The van der Waals surface area contributed by atoms with E-state index in [0.717, 1.165) is 23.6 Å². The molecule has 1 aliphatic carbocycles. The van der Waals surface area contributed by atoms with Crippen LogP contribution in [0.25, 0.3) is 10.9 Å². The monoisotopic (exact) mass is 381 g/mol. The molecule has 2 aromatic heterocycles. The lowest BCUT2D eigenvalue weighted by atomic mass is 9.87. The average molecular weight is 382 g/mol. The van der Waals surface area contributed by atoms with Gasteiger partial charge in [0.05, 0.1) is 22.3 Å². The molecule has 1 aliphatic rings. The van der Waals surface area contributed by atoms with E-state index >= 15 is 0 Å². The largest absolute Gasteiger partial charge is 0.334 e. The van der Waals surface area contributed by atoms with Crippen LogP contribution < -0.4 is 5.56 Å². The minimum atomic E-state index is -0.173. The summed E-state index contributed by atoms with van der Waals surface area (Å²) in [5.74, 6) is 1.22. The highest BCUT2D eigenvalue weighted by Crippen LogP contribution is 2.34. The van der Waals surface area contributed by atoms with Gasteiger partial charge in [-0.2, -0.15) is 0 Å². The minimum Gasteiger partial charge on any atom is -0.334 e. The Morgan fingerprint density at radius 3 is 3.00 bits per heavy atom. The van der Waals surface area contributed by atoms with Crippen LogP contribution in [0, 0.1) is 5.92 Å². The molecule has 0 radical (unpaired) electrons. The van der Waals surface area contributed by atoms with E-state index in [2.05, 4.69) is 23.0 Å². The Morgan fingerprint density at radius 2 is 2.19 bits per heavy atom. The number of para-hydroxylation sites is 1. The van der Waals surface area contributed by atoms with Crippen LogP contribution in [0.4, 0.5) is 0 Å². The van der Waals surface area contributed by atoms with Gasteiger partial charge in [-0.15, -0.1) is 11.3 Å². The highest BCUT2D eigenvalue weighted by Gasteiger charge is 2.23. The van der Waals surface area contributed by atoms with E-state index in [1.807, 2.05) is 18.2 Å². The lowest BCUT2D eigenvalue weighted by Gasteiger charge is -2.19. The maximum atomic E-state index is 12.9. The average Bonchev–Trinajstić information content (AvgIpc) is 3.10. The third-order valence-corrected chi connectivity index (χ3v) is 6.59. The summed E-state index contributed by atoms with van der Waals surface area (Å²) in [6.45, 7) is 2.51. The van der Waals surface area contributed by atoms with Crippen LogP contribution in [0.1, 0.15) is 45.7 Å². The smallest absolute Gasteiger partial charge is 0.264 e. The fourth-order valence-corrected chi connectivity index (χ4v) is 4.95. The molecule has 1 N–H and O–H groups in total. The van der Waals surface area contributed by atoms with E-state index in [-0.39, 0.29) is 18.0 Å². The Labute approximate surface area is 162 Å². The number of fused-ring (bicyclic) bond motifs is 2. The van der Waals surface area contributed by atoms with Crippen molar-refractivity contribution in [2.45, 2.75) is 39.2 Å². The Morgan fingerprint density at radius 1 is 1.37 bits per heavy atom. The number of aromatic nitrogens is 2. The van der Waals surface area contributed by atoms with Crippen molar-refractivity contribution in [2.75, 3.05) is 7.05 Å². The number of carbonyl (C=O) groups is 1. The number of hydrogen-bond donors (Lipinski definition) is 1. The molecule has 0 saturated heterocycles. The Balaban J connectivity index is 1.53. The summed E-state index contributed by atoms with van der Waals surface area (Å²) in [6, 6.07) is 9.30. The molecule has 140 valence electrons. The second-order valence-electron chi connectivity index (χ2n) is 7.27. The predicted octanol–water partition coefficient (Wildman–Crippen LogP) is 3.77. The van der Waals surface area contributed by atoms with Gasteiger partial charge in [0.2, 0.25) is 0 Å². The highest BCUT2D eigenvalue weighted by molar-refractivity contribution is 7.14. The molecule has 1 atom stereocenters. The van der Waals surface area contributed by atoms with Gasteiger partial charge in [-0.1, -0.05) is 25.5 Å². The van der Waals surface area contributed by atoms with Crippen molar-refractivity contribution >= 4 is 28.1 Å². The third-order valence-electron chi connectivity index (χ3n) is 5.37. The van der Waals surface area contributed by atoms with Gasteiger partial charge in [-0.05, 0) is 48.9 Å². The number of aromatic amines is 1. The lowest BCUT2D eigenvalue weighted by molar-refractivity contribution is 0.0786. The number of thiophene rings is 1. The second-order valence-corrected chi connectivity index (χ2v) is 8.40. The van der Waals surface area contributed by atoms with Crippen LogP contribution >= 0.6 is 11.3 Å². The lowest BCUT2D eigenvalue weighted by Crippen LogP contribution is -2.27. The standard InChI is InChI=1S/C21H23N3O2S/c1-3-13-8-9-17-14(10-13)11-18(27-17)21(26)24(2)12-19-22-16-7-5-4-6-15(16)20(25)23-19/h4-7,11,13H,3,8-10,12H2,1-2H3,(H,22,23,25)/t13-/m1/s1. The summed E-state index contributed by atoms with van der Waals surface area (Å²) in [6.07, 6.45) is 4.57. The normalized spacial score (nSPS) is 16.3. The van der Waals surface area contributed by atoms with Crippen molar-refractivity contribution in [2.24, 2.45) is 5.92 Å². The molecule has 0 aliphatic heterocycles. The molecule has 1 aromatic carbocycles. The first kappa shape index (κ1) is 17.9. The van der Waals surface area contributed by atoms with Crippen molar-refractivity contribution in [1.29, 1.82) is 0 Å². The Hall–Kier alpha value is -2.47. The molecule has 27 heavy (non-hydrogen) atoms. The zero-order valence-electron chi connectivity index (χ0n) is 15.6. The van der Waals surface area contributed by atoms with Crippen molar-refractivity contribution in [3.8, 4) is 0 Å². The molecular formula is C21H23N3O2S. The van der Waals surface area contributed by atoms with Gasteiger partial charge in [0.1, 0.15) is 5.82 Å². The van der Waals surface area contributed by atoms with Crippen molar-refractivity contribution in [3.63, 3.8) is 0 Å². The quantitative estimate of drug-likeness (QED) is 0.748. The number of nitrogens with zero attached hydrogens (tertiary/aromatic N) is 2. The number of H-pyrrole nitrogens is 1. The molecule has 2 heterocycles. The fourth-order valence-electron chi connectivity index (χ4n) is 3.75. The molecule has 5 nitrogen and oxygen atoms in total. The van der Waals surface area contributed by atoms with Gasteiger partial charge in [0.15, 0.2) is 0 Å². The SMILES string of the molecule is CC[C@@H]1CCc2sc(C(=O)N(C)Cc3nc4ccccc4c(=O)[nH]3)cc2C1. The van der Waals surface area contributed by atoms with Crippen molar-refractivity contribution in [3.05, 3.63) is 61.8 Å². The molecule has 6 heteroatoms. The first-order chi connectivity index (χ1) is 13.0. The number of amides is 1. The van der Waals surface area contributed by atoms with Gasteiger partial charge in [-0.3, -0.25) is 9.59 Å². The number of rotatable bonds is 4. The minimum absolute atomic E-state index is 0.0155. The van der Waals surface area contributed by atoms with Gasteiger partial charge < -0.3 is 9.88 Å². The fraction of sp³-hybridized carbons (Fsp3) is 0.381. The van der Waals surface area contributed by atoms with E-state index in [0.29, 0.717) is 16.7 Å². The maximum Gasteiger partial charge on any atom is 0.264 e. The number of aryl methyl sites for hydroxylation is 1. The van der Waals surface area contributed by atoms with Crippen LogP contribution in [0.15, 0.2) is 35.1 Å². The van der Waals surface area contributed by atoms with Crippen LogP contribution in [-0.2, 0) is 19.4 Å². The Kier molecular flexibility index (Phi) is 4.83. The molecule has 3 aromatic rings. The van der Waals surface area contributed by atoms with Gasteiger partial charge >= 0.3 is 0 Å². The number of nitrogens with one attached hydrogen (secondary N) is 1. The summed E-state index contributed by atoms with van der Waals surface area (Å²) < 4.78 is 0. The van der Waals surface area contributed by atoms with Crippen LogP contribution in [0.2, 0.25) is 0 Å². The molecule has 1 amide bonds. The third kappa shape index (κ3) is 3.54. The number of hydrogen-bond acceptors (Lipinski definition) is 4.